The van der Waals surface area contributed by atoms with Gasteiger partial charge in [0.1, 0.15) is 6.33 Å². The Bertz CT molecular complexity index is 1220. The Balaban J connectivity index is 1.21. The number of aromatic nitrogens is 5. The van der Waals surface area contributed by atoms with Crippen molar-refractivity contribution >= 4 is 23.4 Å². The molecular formula is C22H22F4N8. The highest BCUT2D eigenvalue weighted by Crippen LogP contribution is 2.40. The molecule has 1 saturated carbocycles. The first kappa shape index (κ1) is 21.1. The van der Waals surface area contributed by atoms with Gasteiger partial charge in [-0.15, -0.1) is 5.10 Å². The third kappa shape index (κ3) is 3.51. The molecule has 4 heterocycles. The first-order valence-electron chi connectivity index (χ1n) is 11.3. The molecular weight excluding hydrogens is 452 g/mol. The number of hydrogen-bond acceptors (Lipinski definition) is 7. The fourth-order valence-corrected chi connectivity index (χ4v) is 5.46. The number of hydrogen-bond donors (Lipinski definition) is 1. The van der Waals surface area contributed by atoms with Crippen LogP contribution >= 0.6 is 0 Å². The molecule has 0 amide bonds. The largest absolute Gasteiger partial charge is 0.353 e. The number of nitrogens with one attached hydrogen (secondary N) is 1. The van der Waals surface area contributed by atoms with Crippen molar-refractivity contribution in [3.05, 3.63) is 47.9 Å². The van der Waals surface area contributed by atoms with Gasteiger partial charge in [0.15, 0.2) is 17.5 Å². The van der Waals surface area contributed by atoms with Crippen LogP contribution < -0.4 is 15.1 Å². The molecule has 2 aliphatic heterocycles. The van der Waals surface area contributed by atoms with Crippen molar-refractivity contribution < 1.29 is 17.6 Å². The lowest BCUT2D eigenvalue weighted by atomic mass is 9.92. The van der Waals surface area contributed by atoms with Crippen LogP contribution in [0.25, 0.3) is 0 Å². The molecule has 1 N–H and O–H groups in total. The maximum absolute atomic E-state index is 14.2. The van der Waals surface area contributed by atoms with Gasteiger partial charge in [0, 0.05) is 44.0 Å². The van der Waals surface area contributed by atoms with Crippen molar-refractivity contribution in [1.29, 1.82) is 0 Å². The molecule has 3 aliphatic rings. The lowest BCUT2D eigenvalue weighted by Crippen LogP contribution is -2.48. The molecule has 1 saturated heterocycles. The Hall–Kier alpha value is -3.44. The summed E-state index contributed by atoms with van der Waals surface area (Å²) < 4.78 is 56.8. The SMILES string of the molecule is Fc1ccc(N2CCCn3nc(N[C@@H]4[C@@H]5CC[C@H]4CN(c4ncnc(F)c4F)C5)nc32)cc1F. The zero-order chi connectivity index (χ0) is 23.4. The van der Waals surface area contributed by atoms with Gasteiger partial charge in [-0.1, -0.05) is 0 Å². The van der Waals surface area contributed by atoms with E-state index in [2.05, 4.69) is 25.4 Å². The third-order valence-electron chi connectivity index (χ3n) is 7.02. The van der Waals surface area contributed by atoms with E-state index in [1.807, 2.05) is 4.90 Å². The molecule has 0 radical (unpaired) electrons. The maximum atomic E-state index is 14.2. The summed E-state index contributed by atoms with van der Waals surface area (Å²) in [7, 11) is 0. The monoisotopic (exact) mass is 474 g/mol. The van der Waals surface area contributed by atoms with Crippen LogP contribution in [0.1, 0.15) is 19.3 Å². The molecule has 2 bridgehead atoms. The average Bonchev–Trinajstić information content (AvgIpc) is 3.33. The summed E-state index contributed by atoms with van der Waals surface area (Å²) in [5.41, 5.74) is 0.520. The first-order valence-corrected chi connectivity index (χ1v) is 11.3. The van der Waals surface area contributed by atoms with Gasteiger partial charge in [-0.25, -0.2) is 23.4 Å². The normalized spacial score (nSPS) is 23.8. The molecule has 8 nitrogen and oxygen atoms in total. The van der Waals surface area contributed by atoms with Crippen molar-refractivity contribution in [2.75, 3.05) is 34.8 Å². The molecule has 0 spiro atoms. The van der Waals surface area contributed by atoms with Crippen LogP contribution in [-0.4, -0.2) is 50.4 Å². The highest BCUT2D eigenvalue weighted by atomic mass is 19.2. The minimum atomic E-state index is -1.14. The number of aryl methyl sites for hydroxylation is 1. The highest BCUT2D eigenvalue weighted by Gasteiger charge is 2.43. The van der Waals surface area contributed by atoms with E-state index in [-0.39, 0.29) is 23.7 Å². The quantitative estimate of drug-likeness (QED) is 0.458. The second-order valence-electron chi connectivity index (χ2n) is 9.04. The summed E-state index contributed by atoms with van der Waals surface area (Å²) in [5.74, 6) is -2.53. The Kier molecular flexibility index (Phi) is 5.03. The van der Waals surface area contributed by atoms with Gasteiger partial charge >= 0.3 is 0 Å². The van der Waals surface area contributed by atoms with Gasteiger partial charge in [-0.05, 0) is 43.2 Å². The topological polar surface area (TPSA) is 75.0 Å². The van der Waals surface area contributed by atoms with E-state index >= 15 is 0 Å². The van der Waals surface area contributed by atoms with Crippen molar-refractivity contribution in [1.82, 2.24) is 24.7 Å². The number of fused-ring (bicyclic) bond motifs is 3. The summed E-state index contributed by atoms with van der Waals surface area (Å²) >= 11 is 0. The molecule has 3 atom stereocenters. The van der Waals surface area contributed by atoms with E-state index in [0.717, 1.165) is 37.7 Å². The number of nitrogens with zero attached hydrogens (tertiary/aromatic N) is 7. The molecule has 2 fully saturated rings. The van der Waals surface area contributed by atoms with E-state index in [1.54, 1.807) is 9.58 Å². The van der Waals surface area contributed by atoms with Gasteiger partial charge in [0.05, 0.1) is 0 Å². The summed E-state index contributed by atoms with van der Waals surface area (Å²) in [5, 5.41) is 8.06. The lowest BCUT2D eigenvalue weighted by Gasteiger charge is -2.38. The van der Waals surface area contributed by atoms with Crippen LogP contribution in [0, 0.1) is 35.2 Å². The first-order chi connectivity index (χ1) is 16.5. The molecule has 12 heteroatoms. The summed E-state index contributed by atoms with van der Waals surface area (Å²) in [6.07, 6.45) is 3.73. The molecule has 34 heavy (non-hydrogen) atoms. The molecule has 178 valence electrons. The second kappa shape index (κ2) is 8.10. The standard InChI is InChI=1S/C22H22F4N8/c23-15-5-4-14(8-16(15)24)33-6-1-7-34-22(33)30-21(31-34)29-18-12-2-3-13(18)10-32(9-12)20-17(25)19(26)27-11-28-20/h4-5,8,11-13,18H,1-3,6-7,9-10H2,(H,29,31)/t12-,13+,18-. The molecule has 6 rings (SSSR count). The smallest absolute Gasteiger partial charge is 0.254 e. The molecule has 2 aromatic heterocycles. The lowest BCUT2D eigenvalue weighted by molar-refractivity contribution is 0.368. The third-order valence-corrected chi connectivity index (χ3v) is 7.02. The zero-order valence-corrected chi connectivity index (χ0v) is 18.1. The van der Waals surface area contributed by atoms with E-state index < -0.39 is 23.4 Å². The van der Waals surface area contributed by atoms with Gasteiger partial charge < -0.3 is 15.1 Å². The summed E-state index contributed by atoms with van der Waals surface area (Å²) in [6.45, 7) is 2.37. The molecule has 0 unspecified atom stereocenters. The number of anilines is 4. The van der Waals surface area contributed by atoms with E-state index in [4.69, 9.17) is 0 Å². The van der Waals surface area contributed by atoms with Gasteiger partial charge in [-0.2, -0.15) is 13.8 Å². The van der Waals surface area contributed by atoms with Crippen molar-refractivity contribution in [3.63, 3.8) is 0 Å². The number of rotatable bonds is 4. The van der Waals surface area contributed by atoms with Crippen LogP contribution in [0.5, 0.6) is 0 Å². The van der Waals surface area contributed by atoms with Crippen LogP contribution in [0.15, 0.2) is 24.5 Å². The summed E-state index contributed by atoms with van der Waals surface area (Å²) in [6, 6.07) is 3.89. The van der Waals surface area contributed by atoms with Crippen molar-refractivity contribution in [2.45, 2.75) is 31.8 Å². The minimum absolute atomic E-state index is 0.000558. The Morgan fingerprint density at radius 1 is 0.941 bits per heavy atom. The summed E-state index contributed by atoms with van der Waals surface area (Å²) in [4.78, 5) is 15.5. The van der Waals surface area contributed by atoms with Crippen LogP contribution in [-0.2, 0) is 6.54 Å². The van der Waals surface area contributed by atoms with Gasteiger partial charge in [0.25, 0.3) is 5.95 Å². The fraction of sp³-hybridized carbons (Fsp3) is 0.455. The van der Waals surface area contributed by atoms with E-state index in [9.17, 15) is 17.6 Å². The number of benzene rings is 1. The number of piperidine rings is 1. The highest BCUT2D eigenvalue weighted by molar-refractivity contribution is 5.59. The van der Waals surface area contributed by atoms with Crippen molar-refractivity contribution in [2.24, 2.45) is 11.8 Å². The van der Waals surface area contributed by atoms with Gasteiger partial charge in [-0.3, -0.25) is 0 Å². The van der Waals surface area contributed by atoms with Gasteiger partial charge in [0.2, 0.25) is 17.7 Å². The second-order valence-corrected chi connectivity index (χ2v) is 9.04. The predicted molar refractivity (Wildman–Crippen MR) is 116 cm³/mol. The number of halogens is 4. The molecule has 3 aromatic rings. The molecule has 1 aromatic carbocycles. The minimum Gasteiger partial charge on any atom is -0.353 e. The van der Waals surface area contributed by atoms with Crippen LogP contribution in [0.3, 0.4) is 0 Å². The van der Waals surface area contributed by atoms with E-state index in [1.165, 1.54) is 6.07 Å². The fourth-order valence-electron chi connectivity index (χ4n) is 5.46. The Morgan fingerprint density at radius 2 is 1.74 bits per heavy atom. The Labute approximate surface area is 192 Å². The Morgan fingerprint density at radius 3 is 2.50 bits per heavy atom. The van der Waals surface area contributed by atoms with Crippen molar-refractivity contribution in [3.8, 4) is 0 Å². The predicted octanol–water partition coefficient (Wildman–Crippen LogP) is 3.49. The van der Waals surface area contributed by atoms with Crippen LogP contribution in [0.4, 0.5) is 41.0 Å². The van der Waals surface area contributed by atoms with Crippen LogP contribution in [0.2, 0.25) is 0 Å². The van der Waals surface area contributed by atoms with E-state index in [0.29, 0.717) is 43.8 Å². The average molecular weight is 474 g/mol. The molecule has 1 aliphatic carbocycles. The zero-order valence-electron chi connectivity index (χ0n) is 18.1. The maximum Gasteiger partial charge on any atom is 0.254 e.